The molecular formula is C24H24BN5. The first-order chi connectivity index (χ1) is 14.7. The van der Waals surface area contributed by atoms with Crippen molar-refractivity contribution in [2.24, 2.45) is 5.92 Å². The lowest BCUT2D eigenvalue weighted by molar-refractivity contribution is 0.461. The Kier molecular flexibility index (Phi) is 4.25. The highest BCUT2D eigenvalue weighted by Gasteiger charge is 2.27. The summed E-state index contributed by atoms with van der Waals surface area (Å²) in [6, 6.07) is 11.6. The predicted molar refractivity (Wildman–Crippen MR) is 122 cm³/mol. The molecule has 0 saturated heterocycles. The molecule has 2 unspecified atom stereocenters. The molecule has 0 amide bonds. The van der Waals surface area contributed by atoms with Crippen molar-refractivity contribution in [1.82, 2.24) is 19.5 Å². The Labute approximate surface area is 177 Å². The number of nitrogens with zero attached hydrogens (tertiary/aromatic N) is 4. The minimum Gasteiger partial charge on any atom is -0.369 e. The molecule has 3 aromatic heterocycles. The van der Waals surface area contributed by atoms with Gasteiger partial charge in [0, 0.05) is 35.1 Å². The van der Waals surface area contributed by atoms with Gasteiger partial charge in [-0.05, 0) is 73.8 Å². The van der Waals surface area contributed by atoms with Crippen LogP contribution in [-0.4, -0.2) is 33.9 Å². The van der Waals surface area contributed by atoms with E-state index in [-0.39, 0.29) is 0 Å². The fourth-order valence-electron chi connectivity index (χ4n) is 5.29. The number of fused-ring (bicyclic) bond motifs is 3. The van der Waals surface area contributed by atoms with Gasteiger partial charge in [-0.1, -0.05) is 12.1 Å². The van der Waals surface area contributed by atoms with Gasteiger partial charge in [-0.2, -0.15) is 0 Å². The standard InChI is InChI=1S/C24H24BN5/c25-22-20-8-10-30(24(20)28-14-27-22)19-6-4-15(11-19)1-2-16-3-5-17-13-18-7-9-26-23(18)29-21(17)12-16/h3,5,8,10,12-15,19H,1-2,4,6-7,9,11H2,(H,26,29). The maximum atomic E-state index is 6.00. The van der Waals surface area contributed by atoms with Crippen LogP contribution in [0.25, 0.3) is 21.9 Å². The van der Waals surface area contributed by atoms with Gasteiger partial charge in [0.1, 0.15) is 25.6 Å². The summed E-state index contributed by atoms with van der Waals surface area (Å²) < 4.78 is 2.31. The lowest BCUT2D eigenvalue weighted by atomic mass is 9.97. The smallest absolute Gasteiger partial charge is 0.142 e. The van der Waals surface area contributed by atoms with Crippen LogP contribution >= 0.6 is 0 Å². The Morgan fingerprint density at radius 2 is 2.10 bits per heavy atom. The van der Waals surface area contributed by atoms with E-state index in [9.17, 15) is 0 Å². The number of benzene rings is 1. The number of nitrogens with one attached hydrogen (secondary N) is 1. The van der Waals surface area contributed by atoms with Crippen molar-refractivity contribution < 1.29 is 0 Å². The first-order valence-corrected chi connectivity index (χ1v) is 11.0. The Morgan fingerprint density at radius 3 is 3.07 bits per heavy atom. The van der Waals surface area contributed by atoms with E-state index < -0.39 is 0 Å². The summed E-state index contributed by atoms with van der Waals surface area (Å²) in [6.07, 6.45) is 10.8. The molecule has 5 nitrogen and oxygen atoms in total. The van der Waals surface area contributed by atoms with E-state index in [1.807, 2.05) is 6.07 Å². The molecule has 6 rings (SSSR count). The van der Waals surface area contributed by atoms with Gasteiger partial charge in [-0.15, -0.1) is 0 Å². The van der Waals surface area contributed by atoms with Crippen molar-refractivity contribution in [2.45, 2.75) is 44.6 Å². The van der Waals surface area contributed by atoms with Gasteiger partial charge in [0.15, 0.2) is 0 Å². The van der Waals surface area contributed by atoms with Crippen LogP contribution in [0, 0.1) is 5.92 Å². The number of aromatic nitrogens is 4. The molecule has 2 aliphatic rings. The summed E-state index contributed by atoms with van der Waals surface area (Å²) in [5, 5.41) is 5.61. The van der Waals surface area contributed by atoms with Crippen LogP contribution in [0.4, 0.5) is 5.82 Å². The zero-order valence-electron chi connectivity index (χ0n) is 17.0. The molecule has 0 bridgehead atoms. The SMILES string of the molecule is [B]c1ncnc2c1ccn2C1CCC(CCc2ccc3cc4c(nc3c2)NCC4)C1. The third-order valence-corrected chi connectivity index (χ3v) is 6.94. The van der Waals surface area contributed by atoms with Crippen molar-refractivity contribution in [1.29, 1.82) is 0 Å². The quantitative estimate of drug-likeness (QED) is 0.537. The van der Waals surface area contributed by atoms with Crippen molar-refractivity contribution in [3.05, 3.63) is 54.0 Å². The number of hydrogen-bond acceptors (Lipinski definition) is 4. The van der Waals surface area contributed by atoms with Crippen LogP contribution in [-0.2, 0) is 12.8 Å². The molecule has 0 spiro atoms. The van der Waals surface area contributed by atoms with Gasteiger partial charge >= 0.3 is 0 Å². The van der Waals surface area contributed by atoms with E-state index in [1.54, 1.807) is 6.33 Å². The van der Waals surface area contributed by atoms with E-state index >= 15 is 0 Å². The van der Waals surface area contributed by atoms with Crippen LogP contribution in [0.15, 0.2) is 42.9 Å². The molecule has 1 aliphatic heterocycles. The highest BCUT2D eigenvalue weighted by molar-refractivity contribution is 6.36. The lowest BCUT2D eigenvalue weighted by Crippen LogP contribution is -2.11. The van der Waals surface area contributed by atoms with Crippen LogP contribution in [0.3, 0.4) is 0 Å². The molecule has 1 N–H and O–H groups in total. The third kappa shape index (κ3) is 3.06. The fraction of sp³-hybridized carbons (Fsp3) is 0.375. The number of rotatable bonds is 4. The van der Waals surface area contributed by atoms with E-state index in [0.29, 0.717) is 11.6 Å². The van der Waals surface area contributed by atoms with E-state index in [0.717, 1.165) is 47.7 Å². The van der Waals surface area contributed by atoms with Gasteiger partial charge in [0.25, 0.3) is 0 Å². The first kappa shape index (κ1) is 17.9. The highest BCUT2D eigenvalue weighted by atomic mass is 15.1. The first-order valence-electron chi connectivity index (χ1n) is 11.0. The maximum Gasteiger partial charge on any atom is 0.142 e. The van der Waals surface area contributed by atoms with Gasteiger partial charge in [-0.25, -0.2) is 9.97 Å². The Hall–Kier alpha value is -2.89. The second-order valence-electron chi connectivity index (χ2n) is 8.79. The Bertz CT molecular complexity index is 1250. The summed E-state index contributed by atoms with van der Waals surface area (Å²) in [5.74, 6) is 1.82. The zero-order valence-corrected chi connectivity index (χ0v) is 17.0. The van der Waals surface area contributed by atoms with Crippen molar-refractivity contribution >= 4 is 41.2 Å². The molecule has 1 aliphatic carbocycles. The van der Waals surface area contributed by atoms with Crippen LogP contribution in [0.1, 0.15) is 42.9 Å². The second kappa shape index (κ2) is 7.12. The van der Waals surface area contributed by atoms with E-state index in [2.05, 4.69) is 50.3 Å². The highest BCUT2D eigenvalue weighted by Crippen LogP contribution is 2.38. The number of anilines is 1. The molecular weight excluding hydrogens is 369 g/mol. The Morgan fingerprint density at radius 1 is 1.13 bits per heavy atom. The molecule has 6 heteroatoms. The zero-order chi connectivity index (χ0) is 20.1. The van der Waals surface area contributed by atoms with E-state index in [4.69, 9.17) is 12.8 Å². The average Bonchev–Trinajstić information content (AvgIpc) is 3.49. The largest absolute Gasteiger partial charge is 0.369 e. The monoisotopic (exact) mass is 393 g/mol. The summed E-state index contributed by atoms with van der Waals surface area (Å²) >= 11 is 0. The average molecular weight is 393 g/mol. The molecule has 1 saturated carbocycles. The molecule has 4 aromatic rings. The molecule has 4 heterocycles. The van der Waals surface area contributed by atoms with Crippen LogP contribution < -0.4 is 10.9 Å². The molecule has 148 valence electrons. The normalized spacial score (nSPS) is 20.7. The van der Waals surface area contributed by atoms with Crippen LogP contribution in [0.2, 0.25) is 0 Å². The summed E-state index contributed by atoms with van der Waals surface area (Å²) in [4.78, 5) is 13.4. The third-order valence-electron chi connectivity index (χ3n) is 6.94. The molecule has 1 aromatic carbocycles. The minimum absolute atomic E-state index is 0.508. The summed E-state index contributed by atoms with van der Waals surface area (Å²) in [5.41, 5.74) is 5.38. The molecule has 30 heavy (non-hydrogen) atoms. The van der Waals surface area contributed by atoms with Crippen molar-refractivity contribution in [3.63, 3.8) is 0 Å². The second-order valence-corrected chi connectivity index (χ2v) is 8.79. The molecule has 2 radical (unpaired) electrons. The molecule has 2 atom stereocenters. The fourth-order valence-corrected chi connectivity index (χ4v) is 5.29. The van der Waals surface area contributed by atoms with Crippen molar-refractivity contribution in [2.75, 3.05) is 11.9 Å². The van der Waals surface area contributed by atoms with Gasteiger partial charge in [-0.3, -0.25) is 4.98 Å². The van der Waals surface area contributed by atoms with E-state index in [1.165, 1.54) is 42.2 Å². The minimum atomic E-state index is 0.508. The Balaban J connectivity index is 1.15. The lowest BCUT2D eigenvalue weighted by Gasteiger charge is -2.14. The number of hydrogen-bond donors (Lipinski definition) is 1. The van der Waals surface area contributed by atoms with Gasteiger partial charge < -0.3 is 9.88 Å². The predicted octanol–water partition coefficient (Wildman–Crippen LogP) is 3.72. The van der Waals surface area contributed by atoms with Gasteiger partial charge in [0.05, 0.1) is 5.52 Å². The van der Waals surface area contributed by atoms with Gasteiger partial charge in [0.2, 0.25) is 0 Å². The van der Waals surface area contributed by atoms with Crippen LogP contribution in [0.5, 0.6) is 0 Å². The van der Waals surface area contributed by atoms with Crippen molar-refractivity contribution in [3.8, 4) is 0 Å². The number of aryl methyl sites for hydroxylation is 1. The summed E-state index contributed by atoms with van der Waals surface area (Å²) in [7, 11) is 6.00. The maximum absolute atomic E-state index is 6.00. The summed E-state index contributed by atoms with van der Waals surface area (Å²) in [6.45, 7) is 1.00. The number of pyridine rings is 1. The topological polar surface area (TPSA) is 55.6 Å². The molecule has 1 fully saturated rings.